The first-order chi connectivity index (χ1) is 8.76. The summed E-state index contributed by atoms with van der Waals surface area (Å²) >= 11 is 5.10. The summed E-state index contributed by atoms with van der Waals surface area (Å²) in [5, 5.41) is 2.61. The standard InChI is InChI=1S/C14H15BrFNS/c1-2-17(10-11-5-4-8-18-11)14-7-3-6-13(16)12(14)9-15/h3-8H,2,9-10H2,1H3. The third kappa shape index (κ3) is 2.93. The predicted molar refractivity (Wildman–Crippen MR) is 80.1 cm³/mol. The Labute approximate surface area is 119 Å². The molecular weight excluding hydrogens is 313 g/mol. The van der Waals surface area contributed by atoms with Gasteiger partial charge in [0.15, 0.2) is 0 Å². The van der Waals surface area contributed by atoms with Gasteiger partial charge in [-0.05, 0) is 30.5 Å². The number of thiophene rings is 1. The lowest BCUT2D eigenvalue weighted by Crippen LogP contribution is -2.23. The summed E-state index contributed by atoms with van der Waals surface area (Å²) in [7, 11) is 0. The van der Waals surface area contributed by atoms with Crippen LogP contribution >= 0.6 is 27.3 Å². The number of anilines is 1. The maximum absolute atomic E-state index is 13.8. The Morgan fingerprint density at radius 2 is 2.11 bits per heavy atom. The van der Waals surface area contributed by atoms with E-state index in [9.17, 15) is 4.39 Å². The van der Waals surface area contributed by atoms with E-state index in [1.54, 1.807) is 17.4 Å². The lowest BCUT2D eigenvalue weighted by Gasteiger charge is -2.25. The Bertz CT molecular complexity index is 499. The van der Waals surface area contributed by atoms with Gasteiger partial charge in [0.05, 0.1) is 6.54 Å². The van der Waals surface area contributed by atoms with Crippen LogP contribution in [-0.2, 0) is 11.9 Å². The second kappa shape index (κ2) is 6.34. The van der Waals surface area contributed by atoms with Crippen molar-refractivity contribution >= 4 is 33.0 Å². The normalized spacial score (nSPS) is 10.6. The first-order valence-electron chi connectivity index (χ1n) is 5.87. The minimum atomic E-state index is -0.144. The van der Waals surface area contributed by atoms with E-state index < -0.39 is 0 Å². The van der Waals surface area contributed by atoms with Crippen molar-refractivity contribution in [2.24, 2.45) is 0 Å². The molecule has 2 aromatic rings. The van der Waals surface area contributed by atoms with Gasteiger partial charge in [-0.1, -0.05) is 28.1 Å². The Hall–Kier alpha value is -0.870. The minimum absolute atomic E-state index is 0.144. The number of halogens is 2. The number of benzene rings is 1. The molecule has 1 aromatic carbocycles. The molecule has 0 bridgehead atoms. The maximum atomic E-state index is 13.8. The number of hydrogen-bond acceptors (Lipinski definition) is 2. The number of nitrogens with zero attached hydrogens (tertiary/aromatic N) is 1. The number of rotatable bonds is 5. The lowest BCUT2D eigenvalue weighted by molar-refractivity contribution is 0.616. The third-order valence-corrected chi connectivity index (χ3v) is 4.30. The second-order valence-corrected chi connectivity index (χ2v) is 5.56. The SMILES string of the molecule is CCN(Cc1cccs1)c1cccc(F)c1CBr. The molecule has 0 saturated carbocycles. The van der Waals surface area contributed by atoms with Crippen molar-refractivity contribution in [2.45, 2.75) is 18.8 Å². The van der Waals surface area contributed by atoms with E-state index in [4.69, 9.17) is 0 Å². The topological polar surface area (TPSA) is 3.24 Å². The number of hydrogen-bond donors (Lipinski definition) is 0. The van der Waals surface area contributed by atoms with E-state index in [0.29, 0.717) is 5.33 Å². The molecule has 1 heterocycles. The van der Waals surface area contributed by atoms with Crippen molar-refractivity contribution < 1.29 is 4.39 Å². The second-order valence-electron chi connectivity index (χ2n) is 3.96. The summed E-state index contributed by atoms with van der Waals surface area (Å²) in [4.78, 5) is 3.49. The molecule has 0 aliphatic heterocycles. The molecule has 0 saturated heterocycles. The van der Waals surface area contributed by atoms with Gasteiger partial charge in [0.1, 0.15) is 5.82 Å². The Balaban J connectivity index is 2.30. The molecule has 0 amide bonds. The highest BCUT2D eigenvalue weighted by molar-refractivity contribution is 9.08. The van der Waals surface area contributed by atoms with Crippen molar-refractivity contribution in [3.05, 3.63) is 52.0 Å². The van der Waals surface area contributed by atoms with Crippen LogP contribution in [0.15, 0.2) is 35.7 Å². The molecule has 0 fully saturated rings. The molecule has 0 aliphatic carbocycles. The average molecular weight is 328 g/mol. The molecule has 0 aliphatic rings. The van der Waals surface area contributed by atoms with Gasteiger partial charge >= 0.3 is 0 Å². The van der Waals surface area contributed by atoms with E-state index in [1.165, 1.54) is 10.9 Å². The molecule has 0 spiro atoms. The summed E-state index contributed by atoms with van der Waals surface area (Å²) in [6.07, 6.45) is 0. The first-order valence-corrected chi connectivity index (χ1v) is 7.87. The summed E-state index contributed by atoms with van der Waals surface area (Å²) in [5.74, 6) is -0.144. The molecule has 0 unspecified atom stereocenters. The van der Waals surface area contributed by atoms with E-state index in [-0.39, 0.29) is 5.82 Å². The molecule has 0 atom stereocenters. The van der Waals surface area contributed by atoms with Crippen molar-refractivity contribution in [3.8, 4) is 0 Å². The van der Waals surface area contributed by atoms with Crippen molar-refractivity contribution in [2.75, 3.05) is 11.4 Å². The molecular formula is C14H15BrFNS. The highest BCUT2D eigenvalue weighted by Crippen LogP contribution is 2.27. The van der Waals surface area contributed by atoms with Crippen LogP contribution in [0.2, 0.25) is 0 Å². The van der Waals surface area contributed by atoms with Gasteiger partial charge in [-0.25, -0.2) is 4.39 Å². The molecule has 1 nitrogen and oxygen atoms in total. The molecule has 96 valence electrons. The van der Waals surface area contributed by atoms with Gasteiger partial charge in [-0.2, -0.15) is 0 Å². The van der Waals surface area contributed by atoms with Gasteiger partial charge < -0.3 is 4.90 Å². The zero-order valence-corrected chi connectivity index (χ0v) is 12.6. The van der Waals surface area contributed by atoms with Crippen LogP contribution < -0.4 is 4.90 Å². The van der Waals surface area contributed by atoms with Crippen molar-refractivity contribution in [1.29, 1.82) is 0 Å². The van der Waals surface area contributed by atoms with Crippen LogP contribution in [0.4, 0.5) is 10.1 Å². The smallest absolute Gasteiger partial charge is 0.129 e. The molecule has 18 heavy (non-hydrogen) atoms. The van der Waals surface area contributed by atoms with Gasteiger partial charge in [0.2, 0.25) is 0 Å². The molecule has 4 heteroatoms. The summed E-state index contributed by atoms with van der Waals surface area (Å²) in [5.41, 5.74) is 1.71. The van der Waals surface area contributed by atoms with E-state index in [1.807, 2.05) is 12.1 Å². The van der Waals surface area contributed by atoms with E-state index in [0.717, 1.165) is 24.3 Å². The minimum Gasteiger partial charge on any atom is -0.366 e. The largest absolute Gasteiger partial charge is 0.366 e. The van der Waals surface area contributed by atoms with Gasteiger partial charge in [0, 0.05) is 28.0 Å². The quantitative estimate of drug-likeness (QED) is 0.712. The fourth-order valence-electron chi connectivity index (χ4n) is 1.93. The highest BCUT2D eigenvalue weighted by atomic mass is 79.9. The van der Waals surface area contributed by atoms with Crippen LogP contribution in [0.25, 0.3) is 0 Å². The fraction of sp³-hybridized carbons (Fsp3) is 0.286. The summed E-state index contributed by atoms with van der Waals surface area (Å²) in [6, 6.07) is 9.43. The van der Waals surface area contributed by atoms with Crippen molar-refractivity contribution in [1.82, 2.24) is 0 Å². The van der Waals surface area contributed by atoms with Crippen LogP contribution in [0, 0.1) is 5.82 Å². The average Bonchev–Trinajstić information content (AvgIpc) is 2.88. The monoisotopic (exact) mass is 327 g/mol. The third-order valence-electron chi connectivity index (χ3n) is 2.88. The molecule has 0 radical (unpaired) electrons. The first kappa shape index (κ1) is 13.6. The van der Waals surface area contributed by atoms with Gasteiger partial charge in [0.25, 0.3) is 0 Å². The van der Waals surface area contributed by atoms with Crippen LogP contribution in [0.3, 0.4) is 0 Å². The predicted octanol–water partition coefficient (Wildman–Crippen LogP) is 4.81. The number of alkyl halides is 1. The van der Waals surface area contributed by atoms with Crippen LogP contribution in [0.5, 0.6) is 0 Å². The van der Waals surface area contributed by atoms with Gasteiger partial charge in [-0.15, -0.1) is 11.3 Å². The Morgan fingerprint density at radius 1 is 1.28 bits per heavy atom. The molecule has 2 rings (SSSR count). The lowest BCUT2D eigenvalue weighted by atomic mass is 10.1. The van der Waals surface area contributed by atoms with Gasteiger partial charge in [-0.3, -0.25) is 0 Å². The Morgan fingerprint density at radius 3 is 2.72 bits per heavy atom. The zero-order valence-electron chi connectivity index (χ0n) is 10.2. The summed E-state index contributed by atoms with van der Waals surface area (Å²) < 4.78 is 13.8. The highest BCUT2D eigenvalue weighted by Gasteiger charge is 2.13. The van der Waals surface area contributed by atoms with E-state index in [2.05, 4.69) is 39.2 Å². The molecule has 0 N–H and O–H groups in total. The zero-order chi connectivity index (χ0) is 13.0. The van der Waals surface area contributed by atoms with Crippen molar-refractivity contribution in [3.63, 3.8) is 0 Å². The Kier molecular flexibility index (Phi) is 4.78. The van der Waals surface area contributed by atoms with Crippen LogP contribution in [-0.4, -0.2) is 6.54 Å². The van der Waals surface area contributed by atoms with Crippen LogP contribution in [0.1, 0.15) is 17.4 Å². The fourth-order valence-corrected chi connectivity index (χ4v) is 3.21. The summed E-state index contributed by atoms with van der Waals surface area (Å²) in [6.45, 7) is 3.79. The molecule has 1 aromatic heterocycles. The van der Waals surface area contributed by atoms with E-state index >= 15 is 0 Å². The maximum Gasteiger partial charge on any atom is 0.129 e.